The van der Waals surface area contributed by atoms with Crippen molar-refractivity contribution in [3.63, 3.8) is 0 Å². The average Bonchev–Trinajstić information content (AvgIpc) is 2.36. The fourth-order valence-corrected chi connectivity index (χ4v) is 3.27. The number of methoxy groups -OCH3 is 1. The van der Waals surface area contributed by atoms with E-state index in [0.29, 0.717) is 5.57 Å². The lowest BCUT2D eigenvalue weighted by atomic mass is 9.54. The second kappa shape index (κ2) is 4.44. The molecule has 0 spiro atoms. The number of Topliss-reactive ketones (excluding diaryl/α,β-unsaturated/α-hetero) is 1. The zero-order chi connectivity index (χ0) is 14.4. The van der Waals surface area contributed by atoms with Crippen molar-refractivity contribution < 1.29 is 19.1 Å². The predicted molar refractivity (Wildman–Crippen MR) is 69.2 cm³/mol. The van der Waals surface area contributed by atoms with Crippen molar-refractivity contribution in [2.75, 3.05) is 7.11 Å². The van der Waals surface area contributed by atoms with E-state index < -0.39 is 23.2 Å². The zero-order valence-electron chi connectivity index (χ0n) is 11.6. The molecule has 0 bridgehead atoms. The van der Waals surface area contributed by atoms with Gasteiger partial charge in [-0.15, -0.1) is 0 Å². The van der Waals surface area contributed by atoms with Crippen LogP contribution in [0.4, 0.5) is 0 Å². The highest BCUT2D eigenvalue weighted by molar-refractivity contribution is 6.13. The third kappa shape index (κ3) is 1.78. The average molecular weight is 262 g/mol. The van der Waals surface area contributed by atoms with Crippen LogP contribution in [0.1, 0.15) is 20.8 Å². The number of allylic oxidation sites excluding steroid dienone is 3. The largest absolute Gasteiger partial charge is 0.469 e. The van der Waals surface area contributed by atoms with Crippen molar-refractivity contribution in [2.45, 2.75) is 20.8 Å². The number of esters is 1. The number of rotatable bonds is 1. The Morgan fingerprint density at radius 2 is 1.95 bits per heavy atom. The van der Waals surface area contributed by atoms with Crippen molar-refractivity contribution in [2.24, 2.45) is 23.2 Å². The molecule has 19 heavy (non-hydrogen) atoms. The van der Waals surface area contributed by atoms with Crippen molar-refractivity contribution in [1.82, 2.24) is 0 Å². The molecule has 2 aliphatic carbocycles. The highest BCUT2D eigenvalue weighted by Gasteiger charge is 2.57. The Balaban J connectivity index is 2.60. The van der Waals surface area contributed by atoms with E-state index in [9.17, 15) is 14.4 Å². The van der Waals surface area contributed by atoms with E-state index >= 15 is 0 Å². The molecule has 4 heteroatoms. The van der Waals surface area contributed by atoms with Crippen LogP contribution in [0.2, 0.25) is 0 Å². The Labute approximate surface area is 112 Å². The summed E-state index contributed by atoms with van der Waals surface area (Å²) >= 11 is 0. The molecule has 0 heterocycles. The third-order valence-corrected chi connectivity index (χ3v) is 4.43. The molecule has 4 atom stereocenters. The third-order valence-electron chi connectivity index (χ3n) is 4.43. The first-order valence-electron chi connectivity index (χ1n) is 6.37. The Hall–Kier alpha value is -1.71. The summed E-state index contributed by atoms with van der Waals surface area (Å²) in [6.45, 7) is 5.25. The summed E-state index contributed by atoms with van der Waals surface area (Å²) in [4.78, 5) is 36.7. The lowest BCUT2D eigenvalue weighted by Crippen LogP contribution is -2.54. The highest BCUT2D eigenvalue weighted by atomic mass is 16.5. The van der Waals surface area contributed by atoms with Gasteiger partial charge in [-0.25, -0.2) is 0 Å². The molecule has 0 aromatic carbocycles. The number of carbonyl (C=O) groups excluding carboxylic acids is 3. The summed E-state index contributed by atoms with van der Waals surface area (Å²) in [6, 6.07) is 0. The van der Waals surface area contributed by atoms with Gasteiger partial charge in [-0.2, -0.15) is 0 Å². The molecule has 0 saturated heterocycles. The van der Waals surface area contributed by atoms with Gasteiger partial charge in [0.25, 0.3) is 0 Å². The van der Waals surface area contributed by atoms with Crippen molar-refractivity contribution in [3.05, 3.63) is 23.8 Å². The molecule has 0 aliphatic heterocycles. The fourth-order valence-electron chi connectivity index (χ4n) is 3.27. The number of ether oxygens (including phenoxy) is 1. The number of hydrogen-bond acceptors (Lipinski definition) is 4. The van der Waals surface area contributed by atoms with Crippen LogP contribution in [-0.4, -0.2) is 24.6 Å². The Morgan fingerprint density at radius 3 is 2.53 bits per heavy atom. The van der Waals surface area contributed by atoms with Crippen LogP contribution in [0.25, 0.3) is 0 Å². The van der Waals surface area contributed by atoms with Crippen molar-refractivity contribution in [1.29, 1.82) is 0 Å². The van der Waals surface area contributed by atoms with E-state index in [1.165, 1.54) is 13.2 Å². The SMILES string of the molecule is COC(=O)[C@H]1C=C[C@@H](C)[C@H]2C(=O)C(C)=CC(=O)[C@@]12C. The smallest absolute Gasteiger partial charge is 0.313 e. The maximum absolute atomic E-state index is 12.4. The summed E-state index contributed by atoms with van der Waals surface area (Å²) in [5.41, 5.74) is -0.559. The number of ketones is 2. The number of fused-ring (bicyclic) bond motifs is 1. The van der Waals surface area contributed by atoms with Crippen molar-refractivity contribution in [3.8, 4) is 0 Å². The van der Waals surface area contributed by atoms with E-state index in [1.807, 2.05) is 13.0 Å². The summed E-state index contributed by atoms with van der Waals surface area (Å²) < 4.78 is 4.78. The van der Waals surface area contributed by atoms with Gasteiger partial charge in [-0.1, -0.05) is 26.0 Å². The van der Waals surface area contributed by atoms with Crippen LogP contribution < -0.4 is 0 Å². The molecular weight excluding hydrogens is 244 g/mol. The molecule has 0 aromatic heterocycles. The van der Waals surface area contributed by atoms with Crippen LogP contribution >= 0.6 is 0 Å². The Morgan fingerprint density at radius 1 is 1.32 bits per heavy atom. The normalized spacial score (nSPS) is 37.7. The van der Waals surface area contributed by atoms with E-state index in [1.54, 1.807) is 19.9 Å². The predicted octanol–water partition coefficient (Wildman–Crippen LogP) is 1.70. The van der Waals surface area contributed by atoms with Crippen LogP contribution in [0, 0.1) is 23.2 Å². The van der Waals surface area contributed by atoms with Gasteiger partial charge < -0.3 is 4.74 Å². The van der Waals surface area contributed by atoms with Crippen LogP contribution in [0.15, 0.2) is 23.8 Å². The first-order valence-corrected chi connectivity index (χ1v) is 6.37. The van der Waals surface area contributed by atoms with Crippen LogP contribution in [0.5, 0.6) is 0 Å². The summed E-state index contributed by atoms with van der Waals surface area (Å²) in [5, 5.41) is 0. The Kier molecular flexibility index (Phi) is 3.20. The number of carbonyl (C=O) groups is 3. The molecule has 0 aromatic rings. The van der Waals surface area contributed by atoms with Gasteiger partial charge in [0, 0.05) is 5.92 Å². The molecule has 0 N–H and O–H groups in total. The first kappa shape index (κ1) is 13.7. The lowest BCUT2D eigenvalue weighted by Gasteiger charge is -2.45. The molecule has 102 valence electrons. The molecular formula is C15H18O4. The minimum atomic E-state index is -1.03. The summed E-state index contributed by atoms with van der Waals surface area (Å²) in [5.74, 6) is -1.93. The minimum absolute atomic E-state index is 0.0483. The molecule has 0 saturated carbocycles. The maximum atomic E-state index is 12.4. The molecule has 0 unspecified atom stereocenters. The summed E-state index contributed by atoms with van der Waals surface area (Å²) in [7, 11) is 1.29. The summed E-state index contributed by atoms with van der Waals surface area (Å²) in [6.07, 6.45) is 4.89. The molecule has 2 aliphatic rings. The minimum Gasteiger partial charge on any atom is -0.469 e. The second-order valence-corrected chi connectivity index (χ2v) is 5.56. The monoisotopic (exact) mass is 262 g/mol. The lowest BCUT2D eigenvalue weighted by molar-refractivity contribution is -0.157. The highest BCUT2D eigenvalue weighted by Crippen LogP contribution is 2.49. The standard InChI is InChI=1S/C15H18O4/c1-8-5-6-10(14(18)19-4)15(3)11(16)7-9(2)13(17)12(8)15/h5-8,10,12H,1-4H3/t8-,10-,12+,15-/m1/s1. The van der Waals surface area contributed by atoms with Gasteiger partial charge in [0.2, 0.25) is 0 Å². The molecule has 4 nitrogen and oxygen atoms in total. The molecule has 2 rings (SSSR count). The molecule has 0 amide bonds. The maximum Gasteiger partial charge on any atom is 0.313 e. The Bertz CT molecular complexity index is 514. The van der Waals surface area contributed by atoms with Gasteiger partial charge in [0.15, 0.2) is 11.6 Å². The van der Waals surface area contributed by atoms with E-state index in [4.69, 9.17) is 4.74 Å². The quantitative estimate of drug-likeness (QED) is 0.533. The van der Waals surface area contributed by atoms with Gasteiger partial charge >= 0.3 is 5.97 Å². The van der Waals surface area contributed by atoms with Crippen LogP contribution in [0.3, 0.4) is 0 Å². The second-order valence-electron chi connectivity index (χ2n) is 5.56. The van der Waals surface area contributed by atoms with E-state index in [-0.39, 0.29) is 17.5 Å². The topological polar surface area (TPSA) is 60.4 Å². The van der Waals surface area contributed by atoms with Gasteiger partial charge in [-0.05, 0) is 24.5 Å². The molecule has 0 radical (unpaired) electrons. The number of hydrogen-bond donors (Lipinski definition) is 0. The fraction of sp³-hybridized carbons (Fsp3) is 0.533. The van der Waals surface area contributed by atoms with Gasteiger partial charge in [0.05, 0.1) is 18.4 Å². The van der Waals surface area contributed by atoms with Gasteiger partial charge in [0.1, 0.15) is 0 Å². The zero-order valence-corrected chi connectivity index (χ0v) is 11.6. The van der Waals surface area contributed by atoms with Crippen molar-refractivity contribution >= 4 is 17.5 Å². The first-order chi connectivity index (χ1) is 8.83. The van der Waals surface area contributed by atoms with Gasteiger partial charge in [-0.3, -0.25) is 14.4 Å². The van der Waals surface area contributed by atoms with E-state index in [2.05, 4.69) is 0 Å². The molecule has 0 fully saturated rings. The van der Waals surface area contributed by atoms with E-state index in [0.717, 1.165) is 0 Å². The van der Waals surface area contributed by atoms with Crippen LogP contribution in [-0.2, 0) is 19.1 Å².